The van der Waals surface area contributed by atoms with Crippen LogP contribution in [0.1, 0.15) is 23.4 Å². The topological polar surface area (TPSA) is 85.1 Å². The van der Waals surface area contributed by atoms with E-state index in [-0.39, 0.29) is 5.91 Å². The Morgan fingerprint density at radius 3 is 2.91 bits per heavy atom. The minimum atomic E-state index is -0.0535. The van der Waals surface area contributed by atoms with Crippen LogP contribution in [-0.4, -0.2) is 36.7 Å². The van der Waals surface area contributed by atoms with Gasteiger partial charge < -0.3 is 5.32 Å². The number of rotatable bonds is 5. The summed E-state index contributed by atoms with van der Waals surface area (Å²) in [5, 5.41) is 10.4. The summed E-state index contributed by atoms with van der Waals surface area (Å²) < 4.78 is 1.74. The monoisotopic (exact) mass is 348 g/mol. The van der Waals surface area contributed by atoms with Gasteiger partial charge in [-0.15, -0.1) is 16.4 Å². The number of amides is 1. The summed E-state index contributed by atoms with van der Waals surface area (Å²) in [6.07, 6.45) is 4.58. The average Bonchev–Trinajstić information content (AvgIpc) is 3.16. The Bertz CT molecular complexity index is 843. The molecule has 0 atom stereocenters. The SMILES string of the molecule is CSc1nc2nc(C)c(CCC(=O)Nc3nccs3)c(C)n2n1. The van der Waals surface area contributed by atoms with Crippen LogP contribution in [0.2, 0.25) is 0 Å². The molecule has 0 aliphatic heterocycles. The van der Waals surface area contributed by atoms with Gasteiger partial charge in [0.2, 0.25) is 11.1 Å². The van der Waals surface area contributed by atoms with Gasteiger partial charge in [0, 0.05) is 29.4 Å². The number of thioether (sulfide) groups is 1. The molecule has 0 aromatic carbocycles. The number of aryl methyl sites for hydroxylation is 2. The predicted molar refractivity (Wildman–Crippen MR) is 91.1 cm³/mol. The molecule has 0 aliphatic carbocycles. The van der Waals surface area contributed by atoms with Gasteiger partial charge in [-0.05, 0) is 32.1 Å². The van der Waals surface area contributed by atoms with Crippen molar-refractivity contribution in [2.45, 2.75) is 31.8 Å². The van der Waals surface area contributed by atoms with Crippen molar-refractivity contribution < 1.29 is 4.79 Å². The van der Waals surface area contributed by atoms with Crippen LogP contribution < -0.4 is 5.32 Å². The van der Waals surface area contributed by atoms with Gasteiger partial charge in [0.1, 0.15) is 0 Å². The van der Waals surface area contributed by atoms with Crippen molar-refractivity contribution in [1.29, 1.82) is 0 Å². The third kappa shape index (κ3) is 3.35. The van der Waals surface area contributed by atoms with Gasteiger partial charge >= 0.3 is 0 Å². The second-order valence-electron chi connectivity index (χ2n) is 4.96. The maximum absolute atomic E-state index is 12.0. The minimum absolute atomic E-state index is 0.0535. The molecule has 1 N–H and O–H groups in total. The van der Waals surface area contributed by atoms with E-state index in [9.17, 15) is 4.79 Å². The molecule has 120 valence electrons. The lowest BCUT2D eigenvalue weighted by molar-refractivity contribution is -0.116. The van der Waals surface area contributed by atoms with Gasteiger partial charge in [0.05, 0.1) is 0 Å². The van der Waals surface area contributed by atoms with E-state index >= 15 is 0 Å². The molecule has 0 saturated carbocycles. The van der Waals surface area contributed by atoms with Gasteiger partial charge in [0.25, 0.3) is 5.78 Å². The Morgan fingerprint density at radius 2 is 2.22 bits per heavy atom. The van der Waals surface area contributed by atoms with Crippen molar-refractivity contribution in [3.05, 3.63) is 28.5 Å². The fourth-order valence-corrected chi connectivity index (χ4v) is 3.23. The second kappa shape index (κ2) is 6.63. The number of fused-ring (bicyclic) bond motifs is 1. The van der Waals surface area contributed by atoms with E-state index in [1.165, 1.54) is 23.1 Å². The van der Waals surface area contributed by atoms with Gasteiger partial charge in [-0.25, -0.2) is 14.5 Å². The van der Waals surface area contributed by atoms with Crippen molar-refractivity contribution in [1.82, 2.24) is 24.6 Å². The quantitative estimate of drug-likeness (QED) is 0.713. The van der Waals surface area contributed by atoms with E-state index in [0.29, 0.717) is 28.9 Å². The lowest BCUT2D eigenvalue weighted by Gasteiger charge is -2.09. The summed E-state index contributed by atoms with van der Waals surface area (Å²) in [5.74, 6) is 0.544. The first-order valence-electron chi connectivity index (χ1n) is 7.04. The largest absolute Gasteiger partial charge is 0.302 e. The summed E-state index contributed by atoms with van der Waals surface area (Å²) >= 11 is 2.89. The average molecular weight is 348 g/mol. The van der Waals surface area contributed by atoms with Crippen LogP contribution in [0.4, 0.5) is 5.13 Å². The molecule has 1 amide bonds. The maximum atomic E-state index is 12.0. The third-order valence-electron chi connectivity index (χ3n) is 3.49. The Balaban J connectivity index is 1.78. The van der Waals surface area contributed by atoms with Gasteiger partial charge in [0.15, 0.2) is 5.13 Å². The summed E-state index contributed by atoms with van der Waals surface area (Å²) in [6, 6.07) is 0. The lowest BCUT2D eigenvalue weighted by Crippen LogP contribution is -2.14. The highest BCUT2D eigenvalue weighted by atomic mass is 32.2. The van der Waals surface area contributed by atoms with Crippen molar-refractivity contribution >= 4 is 39.9 Å². The molecular formula is C14H16N6OS2. The zero-order valence-corrected chi connectivity index (χ0v) is 14.7. The highest BCUT2D eigenvalue weighted by Crippen LogP contribution is 2.18. The van der Waals surface area contributed by atoms with Gasteiger partial charge in [-0.3, -0.25) is 4.79 Å². The van der Waals surface area contributed by atoms with Crippen molar-refractivity contribution in [2.24, 2.45) is 0 Å². The van der Waals surface area contributed by atoms with E-state index in [4.69, 9.17) is 0 Å². The molecule has 9 heteroatoms. The maximum Gasteiger partial charge on any atom is 0.253 e. The van der Waals surface area contributed by atoms with E-state index in [1.54, 1.807) is 10.7 Å². The van der Waals surface area contributed by atoms with E-state index in [1.807, 2.05) is 25.5 Å². The first-order chi connectivity index (χ1) is 11.1. The summed E-state index contributed by atoms with van der Waals surface area (Å²) in [5.41, 5.74) is 2.89. The van der Waals surface area contributed by atoms with Gasteiger partial charge in [-0.1, -0.05) is 11.8 Å². The molecule has 3 rings (SSSR count). The minimum Gasteiger partial charge on any atom is -0.302 e. The molecular weight excluding hydrogens is 332 g/mol. The number of carbonyl (C=O) groups excluding carboxylic acids is 1. The van der Waals surface area contributed by atoms with Crippen LogP contribution in [0, 0.1) is 13.8 Å². The number of anilines is 1. The molecule has 0 unspecified atom stereocenters. The number of aromatic nitrogens is 5. The molecule has 3 aromatic rings. The standard InChI is InChI=1S/C14H16N6OS2/c1-8-10(4-5-11(21)17-13-15-6-7-23-13)9(2)20-12(16-8)18-14(19-20)22-3/h6-7H,4-5H2,1-3H3,(H,15,17,21). The number of hydrogen-bond donors (Lipinski definition) is 1. The number of carbonyl (C=O) groups is 1. The normalized spacial score (nSPS) is 11.1. The Hall–Kier alpha value is -2.00. The van der Waals surface area contributed by atoms with Crippen LogP contribution >= 0.6 is 23.1 Å². The van der Waals surface area contributed by atoms with Crippen LogP contribution in [0.3, 0.4) is 0 Å². The fraction of sp³-hybridized carbons (Fsp3) is 0.357. The lowest BCUT2D eigenvalue weighted by atomic mass is 10.1. The molecule has 0 saturated heterocycles. The van der Waals surface area contributed by atoms with Gasteiger partial charge in [-0.2, -0.15) is 4.98 Å². The zero-order valence-electron chi connectivity index (χ0n) is 13.0. The van der Waals surface area contributed by atoms with Crippen LogP contribution in [0.5, 0.6) is 0 Å². The number of hydrogen-bond acceptors (Lipinski definition) is 7. The Kier molecular flexibility index (Phi) is 4.58. The molecule has 23 heavy (non-hydrogen) atoms. The highest BCUT2D eigenvalue weighted by molar-refractivity contribution is 7.98. The van der Waals surface area contributed by atoms with E-state index in [2.05, 4.69) is 25.4 Å². The number of nitrogens with one attached hydrogen (secondary N) is 1. The first kappa shape index (κ1) is 15.9. The van der Waals surface area contributed by atoms with Crippen LogP contribution in [0.25, 0.3) is 5.78 Å². The molecule has 7 nitrogen and oxygen atoms in total. The third-order valence-corrected chi connectivity index (χ3v) is 4.72. The van der Waals surface area contributed by atoms with Crippen molar-refractivity contribution in [3.8, 4) is 0 Å². The smallest absolute Gasteiger partial charge is 0.253 e. The highest BCUT2D eigenvalue weighted by Gasteiger charge is 2.14. The summed E-state index contributed by atoms with van der Waals surface area (Å²) in [6.45, 7) is 3.92. The molecule has 0 spiro atoms. The molecule has 0 radical (unpaired) electrons. The Labute approximate surface area is 141 Å². The molecule has 3 heterocycles. The molecule has 0 fully saturated rings. The van der Waals surface area contributed by atoms with Crippen LogP contribution in [0.15, 0.2) is 16.7 Å². The molecule has 0 aliphatic rings. The van der Waals surface area contributed by atoms with Crippen molar-refractivity contribution in [2.75, 3.05) is 11.6 Å². The number of nitrogens with zero attached hydrogens (tertiary/aromatic N) is 5. The zero-order chi connectivity index (χ0) is 16.4. The van der Waals surface area contributed by atoms with Crippen LogP contribution in [-0.2, 0) is 11.2 Å². The fourth-order valence-electron chi connectivity index (χ4n) is 2.34. The summed E-state index contributed by atoms with van der Waals surface area (Å²) in [7, 11) is 0. The van der Waals surface area contributed by atoms with E-state index in [0.717, 1.165) is 17.0 Å². The molecule has 0 bridgehead atoms. The second-order valence-corrected chi connectivity index (χ2v) is 6.62. The van der Waals surface area contributed by atoms with Crippen molar-refractivity contribution in [3.63, 3.8) is 0 Å². The number of thiazole rings is 1. The predicted octanol–water partition coefficient (Wildman–Crippen LogP) is 2.49. The summed E-state index contributed by atoms with van der Waals surface area (Å²) in [4.78, 5) is 24.9. The Morgan fingerprint density at radius 1 is 1.39 bits per heavy atom. The van der Waals surface area contributed by atoms with E-state index < -0.39 is 0 Å². The molecule has 3 aromatic heterocycles. The first-order valence-corrected chi connectivity index (χ1v) is 9.15.